The van der Waals surface area contributed by atoms with Crippen molar-refractivity contribution >= 4 is 29.1 Å². The molecule has 2 rings (SSSR count). The lowest BCUT2D eigenvalue weighted by atomic mass is 10.2. The van der Waals surface area contributed by atoms with Crippen molar-refractivity contribution in [2.45, 2.75) is 37.1 Å². The number of nitrogens with zero attached hydrogens (tertiary/aromatic N) is 1. The lowest BCUT2D eigenvalue weighted by Crippen LogP contribution is -2.42. The number of nitrogens with one attached hydrogen (secondary N) is 2. The third-order valence-corrected chi connectivity index (χ3v) is 5.15. The molecule has 0 saturated heterocycles. The maximum atomic E-state index is 4.29. The van der Waals surface area contributed by atoms with Gasteiger partial charge in [-0.05, 0) is 47.9 Å². The van der Waals surface area contributed by atoms with E-state index in [1.807, 2.05) is 18.8 Å². The van der Waals surface area contributed by atoms with Crippen molar-refractivity contribution in [3.8, 4) is 0 Å². The average molecular weight is 283 g/mol. The minimum Gasteiger partial charge on any atom is -0.354 e. The molecule has 0 radical (unpaired) electrons. The molecular weight excluding hydrogens is 262 g/mol. The van der Waals surface area contributed by atoms with E-state index in [9.17, 15) is 0 Å². The van der Waals surface area contributed by atoms with Crippen LogP contribution in [-0.4, -0.2) is 30.6 Å². The molecule has 2 N–H and O–H groups in total. The Morgan fingerprint density at radius 1 is 1.56 bits per heavy atom. The van der Waals surface area contributed by atoms with Crippen LogP contribution in [0, 0.1) is 0 Å². The molecule has 1 aromatic heterocycles. The topological polar surface area (TPSA) is 36.4 Å². The highest BCUT2D eigenvalue weighted by Gasteiger charge is 2.24. The van der Waals surface area contributed by atoms with E-state index < -0.39 is 0 Å². The Labute approximate surface area is 117 Å². The first-order valence-corrected chi connectivity index (χ1v) is 8.56. The van der Waals surface area contributed by atoms with Gasteiger partial charge < -0.3 is 10.6 Å². The Balaban J connectivity index is 1.76. The van der Waals surface area contributed by atoms with Crippen molar-refractivity contribution in [1.82, 2.24) is 10.6 Å². The minimum absolute atomic E-state index is 0.580. The van der Waals surface area contributed by atoms with Gasteiger partial charge in [0.2, 0.25) is 0 Å². The van der Waals surface area contributed by atoms with Gasteiger partial charge >= 0.3 is 0 Å². The summed E-state index contributed by atoms with van der Waals surface area (Å²) < 4.78 is 0. The number of thioether (sulfide) groups is 1. The molecule has 1 fully saturated rings. The van der Waals surface area contributed by atoms with Gasteiger partial charge in [-0.2, -0.15) is 23.1 Å². The zero-order chi connectivity index (χ0) is 12.8. The van der Waals surface area contributed by atoms with Gasteiger partial charge in [0, 0.05) is 24.9 Å². The fourth-order valence-corrected chi connectivity index (χ4v) is 3.72. The predicted molar refractivity (Wildman–Crippen MR) is 82.6 cm³/mol. The summed E-state index contributed by atoms with van der Waals surface area (Å²) in [7, 11) is 1.84. The summed E-state index contributed by atoms with van der Waals surface area (Å²) in [6.07, 6.45) is 6.03. The highest BCUT2D eigenvalue weighted by molar-refractivity contribution is 7.99. The third kappa shape index (κ3) is 3.92. The van der Waals surface area contributed by atoms with E-state index in [1.165, 1.54) is 24.8 Å². The monoisotopic (exact) mass is 283 g/mol. The molecule has 1 aliphatic carbocycles. The molecule has 18 heavy (non-hydrogen) atoms. The second-order valence-corrected chi connectivity index (χ2v) is 6.49. The highest BCUT2D eigenvalue weighted by Crippen LogP contribution is 2.27. The molecule has 2 atom stereocenters. The van der Waals surface area contributed by atoms with Crippen LogP contribution >= 0.6 is 23.1 Å². The Hall–Kier alpha value is -0.680. The summed E-state index contributed by atoms with van der Waals surface area (Å²) in [6, 6.07) is 2.72. The standard InChI is InChI=1S/C13H21N3S2/c1-14-13(15-8-10-5-6-18-9-10)16-11-3-4-12(7-11)17-2/h5-6,9,11-12H,3-4,7-8H2,1-2H3,(H2,14,15,16). The normalized spacial score (nSPS) is 24.2. The van der Waals surface area contributed by atoms with Crippen LogP contribution in [0.2, 0.25) is 0 Å². The summed E-state index contributed by atoms with van der Waals surface area (Å²) in [5, 5.41) is 12.0. The molecule has 100 valence electrons. The van der Waals surface area contributed by atoms with Gasteiger partial charge in [0.05, 0.1) is 0 Å². The van der Waals surface area contributed by atoms with Gasteiger partial charge in [0.25, 0.3) is 0 Å². The van der Waals surface area contributed by atoms with E-state index in [0.717, 1.165) is 17.8 Å². The number of thiophene rings is 1. The van der Waals surface area contributed by atoms with Gasteiger partial charge in [0.1, 0.15) is 0 Å². The van der Waals surface area contributed by atoms with Crippen LogP contribution in [-0.2, 0) is 6.54 Å². The number of guanidine groups is 1. The first kappa shape index (κ1) is 13.7. The predicted octanol–water partition coefficient (Wildman–Crippen LogP) is 2.70. The zero-order valence-corrected chi connectivity index (χ0v) is 12.6. The van der Waals surface area contributed by atoms with Gasteiger partial charge in [0.15, 0.2) is 5.96 Å². The van der Waals surface area contributed by atoms with Crippen LogP contribution in [0.4, 0.5) is 0 Å². The van der Waals surface area contributed by atoms with Crippen molar-refractivity contribution in [3.05, 3.63) is 22.4 Å². The molecular formula is C13H21N3S2. The summed E-state index contributed by atoms with van der Waals surface area (Å²) in [4.78, 5) is 4.29. The lowest BCUT2D eigenvalue weighted by Gasteiger charge is -2.17. The number of hydrogen-bond donors (Lipinski definition) is 2. The Bertz CT molecular complexity index is 376. The molecule has 0 spiro atoms. The number of rotatable bonds is 4. The van der Waals surface area contributed by atoms with Crippen LogP contribution in [0.3, 0.4) is 0 Å². The van der Waals surface area contributed by atoms with Crippen LogP contribution in [0.25, 0.3) is 0 Å². The Kier molecular flexibility index (Phi) is 5.38. The smallest absolute Gasteiger partial charge is 0.191 e. The van der Waals surface area contributed by atoms with E-state index in [1.54, 1.807) is 11.3 Å². The van der Waals surface area contributed by atoms with Crippen molar-refractivity contribution in [3.63, 3.8) is 0 Å². The van der Waals surface area contributed by atoms with E-state index in [2.05, 4.69) is 38.7 Å². The second-order valence-electron chi connectivity index (χ2n) is 4.57. The molecule has 5 heteroatoms. The zero-order valence-electron chi connectivity index (χ0n) is 11.0. The molecule has 0 amide bonds. The van der Waals surface area contributed by atoms with E-state index in [-0.39, 0.29) is 0 Å². The number of hydrogen-bond acceptors (Lipinski definition) is 3. The van der Waals surface area contributed by atoms with Crippen molar-refractivity contribution < 1.29 is 0 Å². The first-order valence-electron chi connectivity index (χ1n) is 6.33. The van der Waals surface area contributed by atoms with Gasteiger partial charge in [-0.25, -0.2) is 0 Å². The summed E-state index contributed by atoms with van der Waals surface area (Å²) in [5.74, 6) is 0.924. The molecule has 1 aliphatic rings. The molecule has 1 aromatic rings. The Morgan fingerprint density at radius 2 is 2.44 bits per heavy atom. The fourth-order valence-electron chi connectivity index (χ4n) is 2.25. The average Bonchev–Trinajstić information content (AvgIpc) is 3.05. The summed E-state index contributed by atoms with van der Waals surface area (Å²) in [6.45, 7) is 0.849. The van der Waals surface area contributed by atoms with E-state index in [0.29, 0.717) is 6.04 Å². The SMILES string of the molecule is CN=C(NCc1ccsc1)NC1CCC(SC)C1. The van der Waals surface area contributed by atoms with Crippen molar-refractivity contribution in [2.75, 3.05) is 13.3 Å². The highest BCUT2D eigenvalue weighted by atomic mass is 32.2. The minimum atomic E-state index is 0.580. The molecule has 0 aromatic carbocycles. The maximum absolute atomic E-state index is 4.29. The number of aliphatic imine (C=N–C) groups is 1. The van der Waals surface area contributed by atoms with E-state index in [4.69, 9.17) is 0 Å². The molecule has 0 aliphatic heterocycles. The van der Waals surface area contributed by atoms with Crippen molar-refractivity contribution in [2.24, 2.45) is 4.99 Å². The van der Waals surface area contributed by atoms with E-state index >= 15 is 0 Å². The maximum Gasteiger partial charge on any atom is 0.191 e. The van der Waals surface area contributed by atoms with Gasteiger partial charge in [-0.15, -0.1) is 0 Å². The summed E-state index contributed by atoms with van der Waals surface area (Å²) in [5.41, 5.74) is 1.32. The molecule has 0 bridgehead atoms. The van der Waals surface area contributed by atoms with Crippen LogP contribution < -0.4 is 10.6 Å². The Morgan fingerprint density at radius 3 is 3.06 bits per heavy atom. The summed E-state index contributed by atoms with van der Waals surface area (Å²) >= 11 is 3.72. The quantitative estimate of drug-likeness (QED) is 0.659. The molecule has 1 heterocycles. The van der Waals surface area contributed by atoms with Crippen LogP contribution in [0.1, 0.15) is 24.8 Å². The largest absolute Gasteiger partial charge is 0.354 e. The van der Waals surface area contributed by atoms with Gasteiger partial charge in [-0.1, -0.05) is 0 Å². The van der Waals surface area contributed by atoms with Crippen LogP contribution in [0.15, 0.2) is 21.8 Å². The van der Waals surface area contributed by atoms with Crippen molar-refractivity contribution in [1.29, 1.82) is 0 Å². The molecule has 2 unspecified atom stereocenters. The molecule has 1 saturated carbocycles. The van der Waals surface area contributed by atoms with Gasteiger partial charge in [-0.3, -0.25) is 4.99 Å². The lowest BCUT2D eigenvalue weighted by molar-refractivity contribution is 0.615. The second kappa shape index (κ2) is 7.04. The van der Waals surface area contributed by atoms with Crippen LogP contribution in [0.5, 0.6) is 0 Å². The first-order chi connectivity index (χ1) is 8.81. The fraction of sp³-hybridized carbons (Fsp3) is 0.615. The molecule has 3 nitrogen and oxygen atoms in total. The third-order valence-electron chi connectivity index (χ3n) is 3.32.